The van der Waals surface area contributed by atoms with E-state index in [1.54, 1.807) is 18.2 Å². The number of benzene rings is 2. The number of hydrogen-bond donors (Lipinski definition) is 3. The van der Waals surface area contributed by atoms with Gasteiger partial charge in [-0.3, -0.25) is 0 Å². The van der Waals surface area contributed by atoms with Crippen LogP contribution in [0.25, 0.3) is 0 Å². The van der Waals surface area contributed by atoms with Crippen molar-refractivity contribution in [3.8, 4) is 11.5 Å². The Morgan fingerprint density at radius 1 is 1.14 bits per heavy atom. The topological polar surface area (TPSA) is 93.5 Å². The van der Waals surface area contributed by atoms with Crippen molar-refractivity contribution in [2.24, 2.45) is 11.1 Å². The third-order valence-electron chi connectivity index (χ3n) is 4.11. The van der Waals surface area contributed by atoms with Crippen molar-refractivity contribution in [3.63, 3.8) is 0 Å². The van der Waals surface area contributed by atoms with E-state index >= 15 is 0 Å². The molecule has 0 fully saturated rings. The van der Waals surface area contributed by atoms with Crippen molar-refractivity contribution in [2.45, 2.75) is 45.1 Å². The Labute approximate surface area is 168 Å². The molecule has 28 heavy (non-hydrogen) atoms. The standard InChI is InChI=1S/C21H31N3O3S/c1-4-5-11-24-19-12-17(15-23-14-16(2)3)13-20(28(22,25)26)21(19)27-18-9-7-6-8-10-18/h6-10,12-13,16,23-24H,4-5,11,14-15H2,1-3H3,(H2,22,25,26). The van der Waals surface area contributed by atoms with E-state index in [0.717, 1.165) is 24.9 Å². The third kappa shape index (κ3) is 6.82. The number of unbranched alkanes of at least 4 members (excludes halogenated alkanes) is 1. The van der Waals surface area contributed by atoms with E-state index in [4.69, 9.17) is 9.88 Å². The van der Waals surface area contributed by atoms with Gasteiger partial charge in [-0.25, -0.2) is 13.6 Å². The lowest BCUT2D eigenvalue weighted by Gasteiger charge is -2.18. The van der Waals surface area contributed by atoms with Crippen molar-refractivity contribution in [1.82, 2.24) is 5.32 Å². The molecule has 0 saturated carbocycles. The Balaban J connectivity index is 2.45. The van der Waals surface area contributed by atoms with Gasteiger partial charge in [0.05, 0.1) is 5.69 Å². The normalized spacial score (nSPS) is 11.6. The fourth-order valence-electron chi connectivity index (χ4n) is 2.72. The summed E-state index contributed by atoms with van der Waals surface area (Å²) in [4.78, 5) is -0.0146. The SMILES string of the molecule is CCCCNc1cc(CNCC(C)C)cc(S(N)(=O)=O)c1Oc1ccccc1. The number of rotatable bonds is 11. The molecular weight excluding hydrogens is 374 g/mol. The molecule has 0 unspecified atom stereocenters. The summed E-state index contributed by atoms with van der Waals surface area (Å²) in [7, 11) is -3.96. The largest absolute Gasteiger partial charge is 0.454 e. The molecule has 0 heterocycles. The van der Waals surface area contributed by atoms with Crippen LogP contribution in [0.1, 0.15) is 39.2 Å². The molecule has 4 N–H and O–H groups in total. The van der Waals surface area contributed by atoms with Gasteiger partial charge >= 0.3 is 0 Å². The number of primary sulfonamides is 1. The Kier molecular flexibility index (Phi) is 8.29. The lowest BCUT2D eigenvalue weighted by molar-refractivity contribution is 0.468. The van der Waals surface area contributed by atoms with Crippen LogP contribution in [0.5, 0.6) is 11.5 Å². The third-order valence-corrected chi connectivity index (χ3v) is 5.03. The maximum Gasteiger partial charge on any atom is 0.241 e. The number of sulfonamides is 1. The summed E-state index contributed by atoms with van der Waals surface area (Å²) in [6.07, 6.45) is 1.99. The average Bonchev–Trinajstić information content (AvgIpc) is 2.63. The molecule has 0 aliphatic carbocycles. The van der Waals surface area contributed by atoms with E-state index in [2.05, 4.69) is 31.4 Å². The maximum absolute atomic E-state index is 12.3. The second-order valence-corrected chi connectivity index (χ2v) is 8.77. The first kappa shape index (κ1) is 22.2. The van der Waals surface area contributed by atoms with Gasteiger partial charge in [0.15, 0.2) is 5.75 Å². The van der Waals surface area contributed by atoms with Gasteiger partial charge < -0.3 is 15.4 Å². The van der Waals surface area contributed by atoms with Crippen LogP contribution < -0.4 is 20.5 Å². The monoisotopic (exact) mass is 405 g/mol. The molecule has 2 rings (SSSR count). The first-order valence-electron chi connectivity index (χ1n) is 9.68. The summed E-state index contributed by atoms with van der Waals surface area (Å²) in [5.41, 5.74) is 1.47. The minimum atomic E-state index is -3.96. The average molecular weight is 406 g/mol. The highest BCUT2D eigenvalue weighted by Crippen LogP contribution is 2.37. The Bertz CT molecular complexity index is 853. The molecule has 6 nitrogen and oxygen atoms in total. The van der Waals surface area contributed by atoms with Crippen LogP contribution in [0.4, 0.5) is 5.69 Å². The number of para-hydroxylation sites is 1. The lowest BCUT2D eigenvalue weighted by atomic mass is 10.1. The molecule has 0 atom stereocenters. The summed E-state index contributed by atoms with van der Waals surface area (Å²) < 4.78 is 30.6. The van der Waals surface area contributed by atoms with E-state index in [1.807, 2.05) is 24.3 Å². The minimum absolute atomic E-state index is 0.0146. The van der Waals surface area contributed by atoms with Gasteiger partial charge in [-0.05, 0) is 48.7 Å². The first-order chi connectivity index (χ1) is 13.3. The van der Waals surface area contributed by atoms with Crippen LogP contribution in [-0.4, -0.2) is 21.5 Å². The van der Waals surface area contributed by atoms with Crippen molar-refractivity contribution in [1.29, 1.82) is 0 Å². The molecule has 2 aromatic carbocycles. The summed E-state index contributed by atoms with van der Waals surface area (Å²) in [6.45, 7) is 8.45. The minimum Gasteiger partial charge on any atom is -0.454 e. The number of hydrogen-bond acceptors (Lipinski definition) is 5. The molecular formula is C21H31N3O3S. The van der Waals surface area contributed by atoms with Crippen LogP contribution in [-0.2, 0) is 16.6 Å². The number of nitrogens with one attached hydrogen (secondary N) is 2. The van der Waals surface area contributed by atoms with Crippen LogP contribution >= 0.6 is 0 Å². The van der Waals surface area contributed by atoms with E-state index in [-0.39, 0.29) is 10.6 Å². The van der Waals surface area contributed by atoms with Gasteiger partial charge in [0.2, 0.25) is 10.0 Å². The second kappa shape index (κ2) is 10.5. The van der Waals surface area contributed by atoms with Crippen LogP contribution in [0, 0.1) is 5.92 Å². The zero-order valence-corrected chi connectivity index (χ0v) is 17.7. The van der Waals surface area contributed by atoms with Gasteiger partial charge in [0, 0.05) is 13.1 Å². The maximum atomic E-state index is 12.3. The predicted octanol–water partition coefficient (Wildman–Crippen LogP) is 4.08. The Hall–Kier alpha value is -2.09. The van der Waals surface area contributed by atoms with Gasteiger partial charge in [0.25, 0.3) is 0 Å². The fourth-order valence-corrected chi connectivity index (χ4v) is 3.45. The van der Waals surface area contributed by atoms with E-state index < -0.39 is 10.0 Å². The molecule has 0 spiro atoms. The summed E-state index contributed by atoms with van der Waals surface area (Å²) >= 11 is 0. The molecule has 0 amide bonds. The van der Waals surface area contributed by atoms with E-state index in [0.29, 0.717) is 30.4 Å². The van der Waals surface area contributed by atoms with Crippen LogP contribution in [0.2, 0.25) is 0 Å². The van der Waals surface area contributed by atoms with Crippen LogP contribution in [0.15, 0.2) is 47.4 Å². The van der Waals surface area contributed by atoms with Crippen LogP contribution in [0.3, 0.4) is 0 Å². The van der Waals surface area contributed by atoms with Crippen molar-refractivity contribution in [3.05, 3.63) is 48.0 Å². The van der Waals surface area contributed by atoms with Gasteiger partial charge in [-0.2, -0.15) is 0 Å². The molecule has 0 bridgehead atoms. The molecule has 154 valence electrons. The Morgan fingerprint density at radius 3 is 2.46 bits per heavy atom. The molecule has 0 radical (unpaired) electrons. The molecule has 2 aromatic rings. The molecule has 0 aromatic heterocycles. The van der Waals surface area contributed by atoms with Crippen molar-refractivity contribution >= 4 is 15.7 Å². The van der Waals surface area contributed by atoms with Crippen molar-refractivity contribution < 1.29 is 13.2 Å². The van der Waals surface area contributed by atoms with Gasteiger partial charge in [-0.1, -0.05) is 45.4 Å². The molecule has 0 aliphatic heterocycles. The summed E-state index contributed by atoms with van der Waals surface area (Å²) in [5, 5.41) is 12.2. The highest BCUT2D eigenvalue weighted by molar-refractivity contribution is 7.89. The van der Waals surface area contributed by atoms with Crippen molar-refractivity contribution in [2.75, 3.05) is 18.4 Å². The summed E-state index contributed by atoms with van der Waals surface area (Å²) in [6, 6.07) is 12.6. The smallest absolute Gasteiger partial charge is 0.241 e. The number of ether oxygens (including phenoxy) is 1. The van der Waals surface area contributed by atoms with Gasteiger partial charge in [-0.15, -0.1) is 0 Å². The molecule has 0 saturated heterocycles. The highest BCUT2D eigenvalue weighted by Gasteiger charge is 2.21. The fraction of sp³-hybridized carbons (Fsp3) is 0.429. The first-order valence-corrected chi connectivity index (χ1v) is 11.2. The number of anilines is 1. The Morgan fingerprint density at radius 2 is 1.86 bits per heavy atom. The highest BCUT2D eigenvalue weighted by atomic mass is 32.2. The zero-order valence-electron chi connectivity index (χ0n) is 16.9. The second-order valence-electron chi connectivity index (χ2n) is 7.24. The van der Waals surface area contributed by atoms with E-state index in [9.17, 15) is 8.42 Å². The summed E-state index contributed by atoms with van der Waals surface area (Å²) in [5.74, 6) is 1.29. The molecule has 0 aliphatic rings. The zero-order chi connectivity index (χ0) is 20.6. The van der Waals surface area contributed by atoms with Gasteiger partial charge in [0.1, 0.15) is 10.6 Å². The quantitative estimate of drug-likeness (QED) is 0.490. The predicted molar refractivity (Wildman–Crippen MR) is 114 cm³/mol. The molecule has 7 heteroatoms. The lowest BCUT2D eigenvalue weighted by Crippen LogP contribution is -2.20. The number of nitrogens with two attached hydrogens (primary N) is 1. The van der Waals surface area contributed by atoms with E-state index in [1.165, 1.54) is 0 Å².